The Labute approximate surface area is 99.9 Å². The van der Waals surface area contributed by atoms with E-state index >= 15 is 0 Å². The van der Waals surface area contributed by atoms with Gasteiger partial charge in [0.05, 0.1) is 6.07 Å². The highest BCUT2D eigenvalue weighted by molar-refractivity contribution is 4.86. The molecule has 0 aromatic rings. The maximum absolute atomic E-state index is 9.02. The summed E-state index contributed by atoms with van der Waals surface area (Å²) >= 11 is 0. The topological polar surface area (TPSA) is 56.0 Å². The van der Waals surface area contributed by atoms with Gasteiger partial charge in [0.2, 0.25) is 0 Å². The predicted octanol–water partition coefficient (Wildman–Crippen LogP) is 2.46. The lowest BCUT2D eigenvalue weighted by molar-refractivity contribution is 0.192. The molecule has 0 saturated carbocycles. The molecule has 3 heteroatoms. The third-order valence-corrected chi connectivity index (χ3v) is 3.35. The van der Waals surface area contributed by atoms with Crippen molar-refractivity contribution < 1.29 is 5.11 Å². The van der Waals surface area contributed by atoms with Gasteiger partial charge in [0.25, 0.3) is 0 Å². The van der Waals surface area contributed by atoms with Crippen LogP contribution in [0.15, 0.2) is 0 Å². The van der Waals surface area contributed by atoms with Gasteiger partial charge in [-0.3, -0.25) is 0 Å². The summed E-state index contributed by atoms with van der Waals surface area (Å²) in [4.78, 5) is 0. The van der Waals surface area contributed by atoms with Gasteiger partial charge >= 0.3 is 0 Å². The minimum absolute atomic E-state index is 0.0126. The first-order chi connectivity index (χ1) is 7.39. The van der Waals surface area contributed by atoms with Crippen LogP contribution in [0.1, 0.15) is 53.4 Å². The molecule has 16 heavy (non-hydrogen) atoms. The van der Waals surface area contributed by atoms with E-state index in [2.05, 4.69) is 39.1 Å². The van der Waals surface area contributed by atoms with Gasteiger partial charge in [0.15, 0.2) is 0 Å². The van der Waals surface area contributed by atoms with Crippen LogP contribution in [0.25, 0.3) is 0 Å². The van der Waals surface area contributed by atoms with Crippen LogP contribution in [0, 0.1) is 16.7 Å². The molecule has 1 atom stereocenters. The predicted molar refractivity (Wildman–Crippen MR) is 67.0 cm³/mol. The Balaban J connectivity index is 4.14. The molecule has 3 nitrogen and oxygen atoms in total. The van der Waals surface area contributed by atoms with Gasteiger partial charge < -0.3 is 10.4 Å². The van der Waals surface area contributed by atoms with Crippen molar-refractivity contribution in [2.24, 2.45) is 5.41 Å². The van der Waals surface area contributed by atoms with Gasteiger partial charge in [0, 0.05) is 25.1 Å². The van der Waals surface area contributed by atoms with E-state index in [0.717, 1.165) is 25.8 Å². The van der Waals surface area contributed by atoms with Gasteiger partial charge in [-0.1, -0.05) is 20.8 Å². The summed E-state index contributed by atoms with van der Waals surface area (Å²) in [6.07, 6.45) is 3.30. The first-order valence-corrected chi connectivity index (χ1v) is 6.12. The van der Waals surface area contributed by atoms with Gasteiger partial charge in [-0.15, -0.1) is 0 Å². The fraction of sp³-hybridized carbons (Fsp3) is 0.923. The van der Waals surface area contributed by atoms with Gasteiger partial charge in [0.1, 0.15) is 0 Å². The second kappa shape index (κ2) is 6.88. The molecular weight excluding hydrogens is 200 g/mol. The van der Waals surface area contributed by atoms with E-state index in [1.807, 2.05) is 0 Å². The van der Waals surface area contributed by atoms with Crippen molar-refractivity contribution in [1.82, 2.24) is 5.32 Å². The Bertz CT molecular complexity index is 233. The zero-order valence-electron chi connectivity index (χ0n) is 11.1. The molecule has 0 rings (SSSR count). The minimum atomic E-state index is 0.0126. The lowest BCUT2D eigenvalue weighted by Crippen LogP contribution is -2.46. The molecule has 0 heterocycles. The Kier molecular flexibility index (Phi) is 6.62. The third kappa shape index (κ3) is 6.09. The molecule has 0 bridgehead atoms. The molecule has 0 fully saturated rings. The summed E-state index contributed by atoms with van der Waals surface area (Å²) < 4.78 is 0. The molecule has 0 aromatic heterocycles. The van der Waals surface area contributed by atoms with Crippen LogP contribution >= 0.6 is 0 Å². The first kappa shape index (κ1) is 15.4. The van der Waals surface area contributed by atoms with Crippen LogP contribution in [0.3, 0.4) is 0 Å². The van der Waals surface area contributed by atoms with E-state index in [9.17, 15) is 0 Å². The van der Waals surface area contributed by atoms with E-state index < -0.39 is 0 Å². The number of nitrogens with zero attached hydrogens (tertiary/aromatic N) is 1. The summed E-state index contributed by atoms with van der Waals surface area (Å²) in [7, 11) is 0. The summed E-state index contributed by atoms with van der Waals surface area (Å²) in [5.74, 6) is 0. The number of nitriles is 1. The standard InChI is InChI=1S/C13H26N2O/c1-5-13(4,8-10-16)15-11-12(2,3)7-6-9-14/h15-16H,5-8,10-11H2,1-4H3. The van der Waals surface area contributed by atoms with Gasteiger partial charge in [-0.2, -0.15) is 5.26 Å². The molecule has 0 amide bonds. The van der Waals surface area contributed by atoms with Crippen molar-refractivity contribution in [2.45, 2.75) is 58.9 Å². The Morgan fingerprint density at radius 3 is 2.31 bits per heavy atom. The number of aliphatic hydroxyl groups is 1. The number of hydrogen-bond donors (Lipinski definition) is 2. The van der Waals surface area contributed by atoms with E-state index in [-0.39, 0.29) is 17.6 Å². The fourth-order valence-electron chi connectivity index (χ4n) is 1.57. The smallest absolute Gasteiger partial charge is 0.0621 e. The van der Waals surface area contributed by atoms with Crippen LogP contribution in [0.5, 0.6) is 0 Å². The average molecular weight is 226 g/mol. The zero-order valence-corrected chi connectivity index (χ0v) is 11.1. The van der Waals surface area contributed by atoms with E-state index in [1.165, 1.54) is 0 Å². The van der Waals surface area contributed by atoms with Crippen LogP contribution in [0.4, 0.5) is 0 Å². The van der Waals surface area contributed by atoms with E-state index in [1.54, 1.807) is 0 Å². The van der Waals surface area contributed by atoms with Crippen molar-refractivity contribution in [1.29, 1.82) is 5.26 Å². The molecular formula is C13H26N2O. The first-order valence-electron chi connectivity index (χ1n) is 6.12. The highest BCUT2D eigenvalue weighted by atomic mass is 16.3. The average Bonchev–Trinajstić information content (AvgIpc) is 2.25. The summed E-state index contributed by atoms with van der Waals surface area (Å²) in [5, 5.41) is 21.1. The van der Waals surface area contributed by atoms with Crippen molar-refractivity contribution in [3.63, 3.8) is 0 Å². The second-order valence-corrected chi connectivity index (χ2v) is 5.56. The monoisotopic (exact) mass is 226 g/mol. The number of rotatable bonds is 8. The molecule has 0 radical (unpaired) electrons. The highest BCUT2D eigenvalue weighted by Crippen LogP contribution is 2.23. The van der Waals surface area contributed by atoms with Crippen LogP contribution in [0.2, 0.25) is 0 Å². The van der Waals surface area contributed by atoms with Crippen LogP contribution in [-0.4, -0.2) is 23.8 Å². The van der Waals surface area contributed by atoms with E-state index in [4.69, 9.17) is 10.4 Å². The summed E-state index contributed by atoms with van der Waals surface area (Å²) in [6, 6.07) is 2.19. The Hall–Kier alpha value is -0.590. The van der Waals surface area contributed by atoms with Crippen LogP contribution < -0.4 is 5.32 Å². The largest absolute Gasteiger partial charge is 0.396 e. The lowest BCUT2D eigenvalue weighted by Gasteiger charge is -2.34. The normalized spacial score (nSPS) is 15.5. The summed E-state index contributed by atoms with van der Waals surface area (Å²) in [6.45, 7) is 9.72. The fourth-order valence-corrected chi connectivity index (χ4v) is 1.57. The molecule has 0 spiro atoms. The maximum atomic E-state index is 9.02. The maximum Gasteiger partial charge on any atom is 0.0621 e. The van der Waals surface area contributed by atoms with Crippen LogP contribution in [-0.2, 0) is 0 Å². The molecule has 0 aliphatic rings. The zero-order chi connectivity index (χ0) is 12.7. The molecule has 94 valence electrons. The molecule has 1 unspecified atom stereocenters. The highest BCUT2D eigenvalue weighted by Gasteiger charge is 2.25. The third-order valence-electron chi connectivity index (χ3n) is 3.35. The molecule has 0 aliphatic carbocycles. The molecule has 0 aromatic carbocycles. The molecule has 0 saturated heterocycles. The van der Waals surface area contributed by atoms with Gasteiger partial charge in [-0.05, 0) is 31.6 Å². The minimum Gasteiger partial charge on any atom is -0.396 e. The van der Waals surface area contributed by atoms with Gasteiger partial charge in [-0.25, -0.2) is 0 Å². The van der Waals surface area contributed by atoms with Crippen molar-refractivity contribution in [2.75, 3.05) is 13.2 Å². The quantitative estimate of drug-likeness (QED) is 0.668. The molecule has 2 N–H and O–H groups in total. The van der Waals surface area contributed by atoms with Crippen molar-refractivity contribution >= 4 is 0 Å². The number of nitrogens with one attached hydrogen (secondary N) is 1. The summed E-state index contributed by atoms with van der Waals surface area (Å²) in [5.41, 5.74) is 0.153. The van der Waals surface area contributed by atoms with Crippen molar-refractivity contribution in [3.8, 4) is 6.07 Å². The Morgan fingerprint density at radius 1 is 1.25 bits per heavy atom. The Morgan fingerprint density at radius 2 is 1.88 bits per heavy atom. The number of aliphatic hydroxyl groups excluding tert-OH is 1. The number of hydrogen-bond acceptors (Lipinski definition) is 3. The SMILES string of the molecule is CCC(C)(CCO)NCC(C)(C)CCC#N. The second-order valence-electron chi connectivity index (χ2n) is 5.56. The van der Waals surface area contributed by atoms with E-state index in [0.29, 0.717) is 6.42 Å². The molecule has 0 aliphatic heterocycles. The van der Waals surface area contributed by atoms with Crippen molar-refractivity contribution in [3.05, 3.63) is 0 Å². The lowest BCUT2D eigenvalue weighted by atomic mass is 9.85.